The molecule has 2 unspecified atom stereocenters. The van der Waals surface area contributed by atoms with Gasteiger partial charge in [-0.25, -0.2) is 4.79 Å². The fourth-order valence-electron chi connectivity index (χ4n) is 4.14. The molecule has 0 radical (unpaired) electrons. The van der Waals surface area contributed by atoms with E-state index in [1.807, 2.05) is 7.05 Å². The number of esters is 2. The molecule has 0 saturated heterocycles. The van der Waals surface area contributed by atoms with Crippen molar-refractivity contribution in [2.75, 3.05) is 40.0 Å². The first-order valence-electron chi connectivity index (χ1n) is 13.6. The van der Waals surface area contributed by atoms with E-state index in [4.69, 9.17) is 14.2 Å². The fourth-order valence-corrected chi connectivity index (χ4v) is 4.14. The zero-order valence-corrected chi connectivity index (χ0v) is 23.2. The summed E-state index contributed by atoms with van der Waals surface area (Å²) in [7, 11) is 1.84. The zero-order valence-electron chi connectivity index (χ0n) is 23.2. The van der Waals surface area contributed by atoms with Gasteiger partial charge in [-0.05, 0) is 45.4 Å². The fraction of sp³-hybridized carbons (Fsp3) is 0.607. The van der Waals surface area contributed by atoms with Crippen molar-refractivity contribution in [1.29, 1.82) is 0 Å². The average Bonchev–Trinajstić information content (AvgIpc) is 2.91. The molecular weight excluding hydrogens is 522 g/mol. The monoisotopic (exact) mass is 563 g/mol. The Morgan fingerprint density at radius 1 is 0.900 bits per heavy atom. The van der Waals surface area contributed by atoms with Crippen LogP contribution >= 0.6 is 0 Å². The zero-order chi connectivity index (χ0) is 29.3. The van der Waals surface area contributed by atoms with Crippen LogP contribution < -0.4 is 16.0 Å². The van der Waals surface area contributed by atoms with Crippen LogP contribution in [0.1, 0.15) is 55.8 Å². The van der Waals surface area contributed by atoms with Crippen LogP contribution in [0, 0.1) is 0 Å². The summed E-state index contributed by atoms with van der Waals surface area (Å²) in [4.78, 5) is 60.9. The number of nitrogens with one attached hydrogen (secondary N) is 3. The highest BCUT2D eigenvalue weighted by molar-refractivity contribution is 5.98. The Bertz CT molecular complexity index is 973. The number of hydrogen-bond acceptors (Lipinski definition) is 11. The van der Waals surface area contributed by atoms with Gasteiger partial charge in [0.05, 0.1) is 50.3 Å². The second kappa shape index (κ2) is 18.3. The molecule has 0 aliphatic heterocycles. The summed E-state index contributed by atoms with van der Waals surface area (Å²) in [5, 5.41) is 18.5. The lowest BCUT2D eigenvalue weighted by Crippen LogP contribution is -2.62. The summed E-state index contributed by atoms with van der Waals surface area (Å²) < 4.78 is 15.7. The van der Waals surface area contributed by atoms with Crippen LogP contribution in [0.25, 0.3) is 0 Å². The summed E-state index contributed by atoms with van der Waals surface area (Å²) in [5.41, 5.74) is 0.223. The van der Waals surface area contributed by atoms with Gasteiger partial charge in [0.2, 0.25) is 0 Å². The summed E-state index contributed by atoms with van der Waals surface area (Å²) >= 11 is 0. The van der Waals surface area contributed by atoms with Crippen molar-refractivity contribution in [1.82, 2.24) is 16.0 Å². The van der Waals surface area contributed by atoms with E-state index in [9.17, 15) is 29.1 Å². The minimum Gasteiger partial charge on any atom is -0.481 e. The van der Waals surface area contributed by atoms with E-state index < -0.39 is 30.0 Å². The van der Waals surface area contributed by atoms with Crippen molar-refractivity contribution in [3.63, 3.8) is 0 Å². The van der Waals surface area contributed by atoms with Gasteiger partial charge in [-0.3, -0.25) is 19.2 Å². The summed E-state index contributed by atoms with van der Waals surface area (Å²) in [5.74, 6) is -3.27. The first-order valence-corrected chi connectivity index (χ1v) is 13.6. The summed E-state index contributed by atoms with van der Waals surface area (Å²) in [6, 6.07) is 5.75. The smallest absolute Gasteiger partial charge is 0.345 e. The number of benzene rings is 1. The summed E-state index contributed by atoms with van der Waals surface area (Å²) in [6.07, 6.45) is 1.24. The summed E-state index contributed by atoms with van der Waals surface area (Å²) in [6.45, 7) is 3.90. The van der Waals surface area contributed by atoms with Crippen molar-refractivity contribution in [2.24, 2.45) is 0 Å². The molecule has 12 heteroatoms. The number of carboxylic acids is 1. The standard InChI is InChI=1S/C28H41N3O9/c1-19(32)23(18-27(36)40-28(37)20-7-4-3-5-8-20)30-21-10-11-22(21)31-24(17-26(34)35)25(33)9-6-13-38-15-16-39-14-12-29-2/h3-5,7-8,21-24,29-31H,6,9-18H2,1-2H3,(H,34,35)/t21?,22?,23-,24-/m0/s1. The third kappa shape index (κ3) is 12.4. The topological polar surface area (TPSA) is 169 Å². The number of rotatable bonds is 21. The number of Topliss-reactive ketones (excluding diaryl/α,β-unsaturated/α-hetero) is 2. The van der Waals surface area contributed by atoms with Crippen molar-refractivity contribution in [3.8, 4) is 0 Å². The van der Waals surface area contributed by atoms with Crippen LogP contribution in [0.5, 0.6) is 0 Å². The number of carbonyl (C=O) groups excluding carboxylic acids is 4. The van der Waals surface area contributed by atoms with E-state index in [-0.39, 0.29) is 48.5 Å². The molecule has 40 heavy (non-hydrogen) atoms. The van der Waals surface area contributed by atoms with Crippen LogP contribution in [0.4, 0.5) is 0 Å². The van der Waals surface area contributed by atoms with Crippen LogP contribution in [-0.4, -0.2) is 98.8 Å². The van der Waals surface area contributed by atoms with E-state index in [1.165, 1.54) is 19.1 Å². The quantitative estimate of drug-likeness (QED) is 0.0947. The van der Waals surface area contributed by atoms with Crippen molar-refractivity contribution in [2.45, 2.75) is 69.6 Å². The van der Waals surface area contributed by atoms with Crippen LogP contribution in [0.3, 0.4) is 0 Å². The number of carboxylic acid groups (broad SMARTS) is 1. The first kappa shape index (κ1) is 33.2. The largest absolute Gasteiger partial charge is 0.481 e. The van der Waals surface area contributed by atoms with E-state index in [0.29, 0.717) is 45.7 Å². The maximum atomic E-state index is 12.8. The van der Waals surface area contributed by atoms with Crippen LogP contribution in [0.2, 0.25) is 0 Å². The highest BCUT2D eigenvalue weighted by Gasteiger charge is 2.37. The molecule has 0 bridgehead atoms. The molecule has 1 aliphatic carbocycles. The molecule has 0 aromatic heterocycles. The van der Waals surface area contributed by atoms with Crippen LogP contribution in [0.15, 0.2) is 30.3 Å². The molecule has 0 heterocycles. The predicted molar refractivity (Wildman–Crippen MR) is 145 cm³/mol. The van der Waals surface area contributed by atoms with Gasteiger partial charge in [0, 0.05) is 31.7 Å². The molecule has 0 spiro atoms. The highest BCUT2D eigenvalue weighted by Crippen LogP contribution is 2.23. The van der Waals surface area contributed by atoms with Gasteiger partial charge in [0.15, 0.2) is 0 Å². The number of ketones is 2. The van der Waals surface area contributed by atoms with Gasteiger partial charge in [-0.2, -0.15) is 0 Å². The third-order valence-corrected chi connectivity index (χ3v) is 6.53. The number of carbonyl (C=O) groups is 5. The minimum absolute atomic E-state index is 0.160. The average molecular weight is 564 g/mol. The van der Waals surface area contributed by atoms with E-state index in [1.54, 1.807) is 18.2 Å². The van der Waals surface area contributed by atoms with E-state index in [0.717, 1.165) is 6.54 Å². The van der Waals surface area contributed by atoms with E-state index >= 15 is 0 Å². The Kier molecular flexibility index (Phi) is 15.2. The molecule has 1 aromatic carbocycles. The lowest BCUT2D eigenvalue weighted by atomic mass is 9.84. The van der Waals surface area contributed by atoms with Crippen LogP contribution in [-0.2, 0) is 33.4 Å². The SMILES string of the molecule is CNCCOCCOCCCC(=O)[C@H](CC(=O)O)NC1CCC1N[C@@H](CC(=O)OC(=O)c1ccccc1)C(C)=O. The molecule has 0 amide bonds. The first-order chi connectivity index (χ1) is 19.2. The maximum Gasteiger partial charge on any atom is 0.345 e. The highest BCUT2D eigenvalue weighted by atomic mass is 16.6. The lowest BCUT2D eigenvalue weighted by molar-refractivity contribution is -0.141. The molecule has 4 N–H and O–H groups in total. The second-order valence-electron chi connectivity index (χ2n) is 9.67. The molecule has 1 fully saturated rings. The Hall–Kier alpha value is -3.03. The van der Waals surface area contributed by atoms with Gasteiger partial charge < -0.3 is 35.3 Å². The van der Waals surface area contributed by atoms with Gasteiger partial charge in [0.1, 0.15) is 11.6 Å². The van der Waals surface area contributed by atoms with Gasteiger partial charge >= 0.3 is 17.9 Å². The molecule has 1 aromatic rings. The number of ether oxygens (including phenoxy) is 3. The van der Waals surface area contributed by atoms with Crippen molar-refractivity contribution >= 4 is 29.5 Å². The molecule has 12 nitrogen and oxygen atoms in total. The molecular formula is C28H41N3O9. The van der Waals surface area contributed by atoms with Gasteiger partial charge in [0.25, 0.3) is 0 Å². The Labute approximate surface area is 234 Å². The molecule has 4 atom stereocenters. The van der Waals surface area contributed by atoms with Gasteiger partial charge in [-0.15, -0.1) is 0 Å². The number of likely N-dealkylation sites (N-methyl/N-ethyl adjacent to an activating group) is 1. The molecule has 1 saturated carbocycles. The van der Waals surface area contributed by atoms with E-state index in [2.05, 4.69) is 16.0 Å². The minimum atomic E-state index is -1.10. The Balaban J connectivity index is 1.80. The predicted octanol–water partition coefficient (Wildman–Crippen LogP) is 0.873. The van der Waals surface area contributed by atoms with Crippen molar-refractivity contribution < 1.29 is 43.3 Å². The van der Waals surface area contributed by atoms with Crippen molar-refractivity contribution in [3.05, 3.63) is 35.9 Å². The third-order valence-electron chi connectivity index (χ3n) is 6.53. The molecule has 1 aliphatic rings. The van der Waals surface area contributed by atoms with Gasteiger partial charge in [-0.1, -0.05) is 18.2 Å². The number of hydrogen-bond donors (Lipinski definition) is 4. The Morgan fingerprint density at radius 2 is 1.52 bits per heavy atom. The maximum absolute atomic E-state index is 12.8. The second-order valence-corrected chi connectivity index (χ2v) is 9.67. The normalized spacial score (nSPS) is 17.9. The Morgan fingerprint density at radius 3 is 2.10 bits per heavy atom. The molecule has 222 valence electrons. The lowest BCUT2D eigenvalue weighted by Gasteiger charge is -2.41. The number of aliphatic carboxylic acids is 1. The molecule has 2 rings (SSSR count).